The van der Waals surface area contributed by atoms with Gasteiger partial charge in [0.1, 0.15) is 6.54 Å². The molecule has 25 heavy (non-hydrogen) atoms. The predicted molar refractivity (Wildman–Crippen MR) is 93.5 cm³/mol. The van der Waals surface area contributed by atoms with Crippen molar-refractivity contribution in [3.05, 3.63) is 76.7 Å². The average Bonchev–Trinajstić information content (AvgIpc) is 3.01. The van der Waals surface area contributed by atoms with E-state index in [1.165, 1.54) is 4.68 Å². The second kappa shape index (κ2) is 7.57. The number of para-hydroxylation sites is 1. The number of carbonyl (C=O) groups is 1. The summed E-state index contributed by atoms with van der Waals surface area (Å²) in [6.07, 6.45) is 0. The Bertz CT molecular complexity index is 887. The second-order valence-electron chi connectivity index (χ2n) is 5.78. The fraction of sp³-hybridized carbons (Fsp3) is 0.222. The van der Waals surface area contributed by atoms with Crippen molar-refractivity contribution < 1.29 is 4.79 Å². The largest absolute Gasteiger partial charge is 0.368 e. The Morgan fingerprint density at radius 2 is 1.68 bits per heavy atom. The maximum atomic E-state index is 12.3. The number of hydrogen-bond acceptors (Lipinski definition) is 4. The highest BCUT2D eigenvalue weighted by Crippen LogP contribution is 2.12. The van der Waals surface area contributed by atoms with Crippen molar-refractivity contribution in [2.24, 2.45) is 0 Å². The molecule has 0 bridgehead atoms. The molecule has 7 nitrogen and oxygen atoms in total. The third-order valence-electron chi connectivity index (χ3n) is 3.91. The molecule has 0 saturated heterocycles. The first-order valence-corrected chi connectivity index (χ1v) is 8.05. The highest BCUT2D eigenvalue weighted by molar-refractivity contribution is 5.75. The van der Waals surface area contributed by atoms with Crippen molar-refractivity contribution in [3.8, 4) is 5.69 Å². The van der Waals surface area contributed by atoms with E-state index in [1.807, 2.05) is 43.3 Å². The van der Waals surface area contributed by atoms with Gasteiger partial charge in [-0.15, -0.1) is 0 Å². The zero-order chi connectivity index (χ0) is 17.6. The van der Waals surface area contributed by atoms with Gasteiger partial charge >= 0.3 is 5.69 Å². The molecule has 0 aliphatic heterocycles. The normalized spacial score (nSPS) is 11.9. The summed E-state index contributed by atoms with van der Waals surface area (Å²) in [5.41, 5.74) is 1.31. The van der Waals surface area contributed by atoms with E-state index in [2.05, 4.69) is 15.7 Å². The lowest BCUT2D eigenvalue weighted by molar-refractivity contribution is -0.122. The number of amides is 1. The maximum Gasteiger partial charge on any atom is 0.368 e. The van der Waals surface area contributed by atoms with Gasteiger partial charge in [0, 0.05) is 6.54 Å². The summed E-state index contributed by atoms with van der Waals surface area (Å²) in [5.74, 6) is -0.0909. The van der Waals surface area contributed by atoms with E-state index in [0.29, 0.717) is 12.2 Å². The summed E-state index contributed by atoms with van der Waals surface area (Å²) in [6, 6.07) is 18.9. The molecule has 0 unspecified atom stereocenters. The minimum Gasteiger partial charge on any atom is -0.354 e. The van der Waals surface area contributed by atoms with Crippen LogP contribution in [0, 0.1) is 0 Å². The van der Waals surface area contributed by atoms with E-state index in [4.69, 9.17) is 0 Å². The molecule has 0 radical (unpaired) electrons. The van der Waals surface area contributed by atoms with Crippen molar-refractivity contribution >= 4 is 5.91 Å². The van der Waals surface area contributed by atoms with Crippen LogP contribution in [0.3, 0.4) is 0 Å². The smallest absolute Gasteiger partial charge is 0.354 e. The van der Waals surface area contributed by atoms with Gasteiger partial charge in [0.25, 0.3) is 0 Å². The Hall–Kier alpha value is -3.22. The lowest BCUT2D eigenvalue weighted by atomic mass is 10.0. The molecular formula is C18H19N5O2. The quantitative estimate of drug-likeness (QED) is 0.736. The number of nitrogens with zero attached hydrogens (tertiary/aromatic N) is 4. The lowest BCUT2D eigenvalue weighted by Gasteiger charge is -2.12. The molecule has 0 fully saturated rings. The van der Waals surface area contributed by atoms with Gasteiger partial charge in [0.05, 0.1) is 5.69 Å². The molecule has 3 rings (SSSR count). The van der Waals surface area contributed by atoms with Crippen molar-refractivity contribution in [3.63, 3.8) is 0 Å². The van der Waals surface area contributed by atoms with Gasteiger partial charge in [0.2, 0.25) is 5.91 Å². The van der Waals surface area contributed by atoms with Crippen LogP contribution in [0.15, 0.2) is 65.5 Å². The summed E-state index contributed by atoms with van der Waals surface area (Å²) in [6.45, 7) is 2.37. The Labute approximate surface area is 144 Å². The highest BCUT2D eigenvalue weighted by atomic mass is 16.2. The van der Waals surface area contributed by atoms with Crippen molar-refractivity contribution in [2.45, 2.75) is 19.4 Å². The van der Waals surface area contributed by atoms with Crippen LogP contribution in [0.2, 0.25) is 0 Å². The van der Waals surface area contributed by atoms with Crippen molar-refractivity contribution in [2.75, 3.05) is 6.54 Å². The summed E-state index contributed by atoms with van der Waals surface area (Å²) in [4.78, 5) is 24.4. The highest BCUT2D eigenvalue weighted by Gasteiger charge is 2.13. The van der Waals surface area contributed by atoms with Crippen LogP contribution in [0.25, 0.3) is 5.69 Å². The standard InChI is InChI=1S/C18H19N5O2/c1-14(15-8-4-2-5-9-15)12-19-17(24)13-22-18(25)23(21-20-22)16-10-6-3-7-11-16/h2-11,14H,12-13H2,1H3,(H,19,24)/t14-/m1/s1. The zero-order valence-electron chi connectivity index (χ0n) is 13.9. The summed E-state index contributed by atoms with van der Waals surface area (Å²) >= 11 is 0. The monoisotopic (exact) mass is 337 g/mol. The molecule has 1 aromatic heterocycles. The minimum absolute atomic E-state index is 0.160. The molecule has 7 heteroatoms. The van der Waals surface area contributed by atoms with Gasteiger partial charge in [-0.3, -0.25) is 4.79 Å². The van der Waals surface area contributed by atoms with Crippen LogP contribution in [0.1, 0.15) is 18.4 Å². The van der Waals surface area contributed by atoms with Crippen LogP contribution in [0.5, 0.6) is 0 Å². The number of benzene rings is 2. The Morgan fingerprint density at radius 3 is 2.36 bits per heavy atom. The molecule has 0 spiro atoms. The predicted octanol–water partition coefficient (Wildman–Crippen LogP) is 1.35. The van der Waals surface area contributed by atoms with E-state index in [9.17, 15) is 9.59 Å². The fourth-order valence-electron chi connectivity index (χ4n) is 2.46. The molecule has 1 amide bonds. The zero-order valence-corrected chi connectivity index (χ0v) is 13.9. The topological polar surface area (TPSA) is 81.8 Å². The maximum absolute atomic E-state index is 12.3. The van der Waals surface area contributed by atoms with Gasteiger partial charge in [0.15, 0.2) is 0 Å². The first kappa shape index (κ1) is 16.6. The number of tetrazole rings is 1. The number of nitrogens with one attached hydrogen (secondary N) is 1. The third-order valence-corrected chi connectivity index (χ3v) is 3.91. The molecule has 1 N–H and O–H groups in total. The summed E-state index contributed by atoms with van der Waals surface area (Å²) < 4.78 is 2.22. The van der Waals surface area contributed by atoms with Crippen LogP contribution < -0.4 is 11.0 Å². The molecule has 0 aliphatic carbocycles. The van der Waals surface area contributed by atoms with Crippen LogP contribution >= 0.6 is 0 Å². The van der Waals surface area contributed by atoms with Gasteiger partial charge in [-0.05, 0) is 34.0 Å². The van der Waals surface area contributed by atoms with Crippen LogP contribution in [-0.2, 0) is 11.3 Å². The number of carbonyl (C=O) groups excluding carboxylic acids is 1. The summed E-state index contributed by atoms with van der Waals surface area (Å²) in [5, 5.41) is 10.4. The Balaban J connectivity index is 1.60. The van der Waals surface area contributed by atoms with E-state index in [0.717, 1.165) is 10.2 Å². The Morgan fingerprint density at radius 1 is 1.04 bits per heavy atom. The van der Waals surface area contributed by atoms with E-state index in [1.54, 1.807) is 24.3 Å². The molecule has 128 valence electrons. The lowest BCUT2D eigenvalue weighted by Crippen LogP contribution is -2.35. The first-order valence-electron chi connectivity index (χ1n) is 8.05. The van der Waals surface area contributed by atoms with Crippen LogP contribution in [0.4, 0.5) is 0 Å². The first-order chi connectivity index (χ1) is 12.1. The van der Waals surface area contributed by atoms with Gasteiger partial charge < -0.3 is 5.32 Å². The van der Waals surface area contributed by atoms with Gasteiger partial charge in [-0.25, -0.2) is 4.79 Å². The summed E-state index contributed by atoms with van der Waals surface area (Å²) in [7, 11) is 0. The molecule has 1 atom stereocenters. The van der Waals surface area contributed by atoms with Crippen molar-refractivity contribution in [1.82, 2.24) is 25.1 Å². The van der Waals surface area contributed by atoms with Gasteiger partial charge in [-0.1, -0.05) is 55.5 Å². The van der Waals surface area contributed by atoms with Gasteiger partial charge in [-0.2, -0.15) is 9.36 Å². The third kappa shape index (κ3) is 4.00. The molecule has 3 aromatic rings. The van der Waals surface area contributed by atoms with E-state index in [-0.39, 0.29) is 18.4 Å². The SMILES string of the molecule is C[C@H](CNC(=O)Cn1nnn(-c2ccccc2)c1=O)c1ccccc1. The Kier molecular flexibility index (Phi) is 5.03. The van der Waals surface area contributed by atoms with E-state index < -0.39 is 5.69 Å². The minimum atomic E-state index is -0.447. The molecular weight excluding hydrogens is 318 g/mol. The van der Waals surface area contributed by atoms with Crippen LogP contribution in [-0.4, -0.2) is 32.2 Å². The molecule has 2 aromatic carbocycles. The average molecular weight is 337 g/mol. The number of hydrogen-bond donors (Lipinski definition) is 1. The fourth-order valence-corrected chi connectivity index (χ4v) is 2.46. The molecule has 0 aliphatic rings. The molecule has 1 heterocycles. The number of rotatable bonds is 6. The molecule has 0 saturated carbocycles. The number of aromatic nitrogens is 4. The van der Waals surface area contributed by atoms with Crippen molar-refractivity contribution in [1.29, 1.82) is 0 Å². The second-order valence-corrected chi connectivity index (χ2v) is 5.78. The van der Waals surface area contributed by atoms with E-state index >= 15 is 0 Å².